The van der Waals surface area contributed by atoms with Crippen molar-refractivity contribution >= 4 is 5.97 Å². The Morgan fingerprint density at radius 3 is 2.76 bits per heavy atom. The van der Waals surface area contributed by atoms with E-state index in [9.17, 15) is 4.79 Å². The van der Waals surface area contributed by atoms with Gasteiger partial charge < -0.3 is 4.74 Å². The highest BCUT2D eigenvalue weighted by Gasteiger charge is 2.24. The molecule has 0 aliphatic heterocycles. The lowest BCUT2D eigenvalue weighted by Gasteiger charge is -2.10. The van der Waals surface area contributed by atoms with E-state index in [1.165, 1.54) is 7.11 Å². The smallest absolute Gasteiger partial charge is 0.312 e. The minimum absolute atomic E-state index is 0.286. The first kappa shape index (κ1) is 14.8. The molecule has 1 heterocycles. The molecule has 2 aromatic rings. The van der Waals surface area contributed by atoms with Gasteiger partial charge in [0.1, 0.15) is 0 Å². The van der Waals surface area contributed by atoms with Crippen molar-refractivity contribution in [3.8, 4) is 11.8 Å². The average Bonchev–Trinajstić information content (AvgIpc) is 2.80. The largest absolute Gasteiger partial charge is 0.469 e. The molecule has 1 aromatic heterocycles. The van der Waals surface area contributed by atoms with Crippen molar-refractivity contribution in [2.24, 2.45) is 0 Å². The Balaban J connectivity index is 2.53. The molecule has 108 valence electrons. The lowest BCUT2D eigenvalue weighted by molar-refractivity contribution is -0.142. The lowest BCUT2D eigenvalue weighted by atomic mass is 9.99. The van der Waals surface area contributed by atoms with Crippen LogP contribution in [0.5, 0.6) is 0 Å². The molecule has 2 rings (SSSR count). The molecule has 0 fully saturated rings. The number of rotatable bonds is 3. The van der Waals surface area contributed by atoms with Crippen LogP contribution in [-0.2, 0) is 9.53 Å². The van der Waals surface area contributed by atoms with Crippen molar-refractivity contribution < 1.29 is 9.53 Å². The number of aryl methyl sites for hydroxylation is 1. The van der Waals surface area contributed by atoms with Gasteiger partial charge in [-0.2, -0.15) is 10.4 Å². The molecule has 0 saturated carbocycles. The van der Waals surface area contributed by atoms with Crippen LogP contribution in [0.1, 0.15) is 35.4 Å². The van der Waals surface area contributed by atoms with Gasteiger partial charge in [-0.1, -0.05) is 6.07 Å². The van der Waals surface area contributed by atoms with E-state index in [4.69, 9.17) is 10.00 Å². The fourth-order valence-corrected chi connectivity index (χ4v) is 2.53. The Morgan fingerprint density at radius 2 is 2.14 bits per heavy atom. The first-order valence-corrected chi connectivity index (χ1v) is 6.64. The first-order chi connectivity index (χ1) is 9.99. The van der Waals surface area contributed by atoms with Gasteiger partial charge in [-0.15, -0.1) is 0 Å². The van der Waals surface area contributed by atoms with E-state index < -0.39 is 0 Å². The molecule has 0 aliphatic carbocycles. The van der Waals surface area contributed by atoms with E-state index in [0.29, 0.717) is 5.56 Å². The number of carbonyl (C=O) groups is 1. The van der Waals surface area contributed by atoms with E-state index in [1.54, 1.807) is 23.7 Å². The Bertz CT molecular complexity index is 726. The van der Waals surface area contributed by atoms with Gasteiger partial charge in [-0.05, 0) is 39.0 Å². The summed E-state index contributed by atoms with van der Waals surface area (Å²) in [6.45, 7) is 5.58. The van der Waals surface area contributed by atoms with Crippen LogP contribution in [0.2, 0.25) is 0 Å². The van der Waals surface area contributed by atoms with Crippen LogP contribution in [0.25, 0.3) is 5.69 Å². The standard InChI is InChI=1S/C16H17N3O2/c1-10(16(20)21-4)15-11(2)18-19(12(15)3)14-7-5-6-13(8-14)9-17/h5-8,10H,1-4H3. The SMILES string of the molecule is COC(=O)C(C)c1c(C)nn(-c2cccc(C#N)c2)c1C. The van der Waals surface area contributed by atoms with Gasteiger partial charge >= 0.3 is 5.97 Å². The Hall–Kier alpha value is -2.61. The predicted molar refractivity (Wildman–Crippen MR) is 78.2 cm³/mol. The van der Waals surface area contributed by atoms with Crippen LogP contribution < -0.4 is 0 Å². The van der Waals surface area contributed by atoms with E-state index in [2.05, 4.69) is 11.2 Å². The van der Waals surface area contributed by atoms with Crippen molar-refractivity contribution in [2.45, 2.75) is 26.7 Å². The van der Waals surface area contributed by atoms with Crippen LogP contribution in [0, 0.1) is 25.2 Å². The molecule has 1 unspecified atom stereocenters. The van der Waals surface area contributed by atoms with Crippen molar-refractivity contribution in [1.82, 2.24) is 9.78 Å². The maximum absolute atomic E-state index is 11.8. The summed E-state index contributed by atoms with van der Waals surface area (Å²) in [5, 5.41) is 13.5. The maximum Gasteiger partial charge on any atom is 0.312 e. The molecule has 1 aromatic carbocycles. The van der Waals surface area contributed by atoms with Gasteiger partial charge in [-0.3, -0.25) is 4.79 Å². The molecule has 0 aliphatic rings. The zero-order valence-corrected chi connectivity index (χ0v) is 12.5. The van der Waals surface area contributed by atoms with Crippen LogP contribution >= 0.6 is 0 Å². The third kappa shape index (κ3) is 2.65. The van der Waals surface area contributed by atoms with Gasteiger partial charge in [-0.25, -0.2) is 4.68 Å². The van der Waals surface area contributed by atoms with Gasteiger partial charge in [0.15, 0.2) is 0 Å². The van der Waals surface area contributed by atoms with Crippen LogP contribution in [0.4, 0.5) is 0 Å². The summed E-state index contributed by atoms with van der Waals surface area (Å²) in [6.07, 6.45) is 0. The lowest BCUT2D eigenvalue weighted by Crippen LogP contribution is -2.12. The number of nitriles is 1. The maximum atomic E-state index is 11.8. The molecule has 0 saturated heterocycles. The number of carbonyl (C=O) groups excluding carboxylic acids is 1. The zero-order valence-electron chi connectivity index (χ0n) is 12.5. The fourth-order valence-electron chi connectivity index (χ4n) is 2.53. The first-order valence-electron chi connectivity index (χ1n) is 6.64. The Labute approximate surface area is 123 Å². The summed E-state index contributed by atoms with van der Waals surface area (Å²) >= 11 is 0. The normalized spacial score (nSPS) is 11.8. The molecule has 0 bridgehead atoms. The number of hydrogen-bond acceptors (Lipinski definition) is 4. The minimum Gasteiger partial charge on any atom is -0.469 e. The minimum atomic E-state index is -0.372. The van der Waals surface area contributed by atoms with Crippen LogP contribution in [0.3, 0.4) is 0 Å². The average molecular weight is 283 g/mol. The number of aromatic nitrogens is 2. The van der Waals surface area contributed by atoms with Gasteiger partial charge in [0, 0.05) is 11.3 Å². The van der Waals surface area contributed by atoms with Gasteiger partial charge in [0.2, 0.25) is 0 Å². The van der Waals surface area contributed by atoms with Gasteiger partial charge in [0.25, 0.3) is 0 Å². The van der Waals surface area contributed by atoms with E-state index in [0.717, 1.165) is 22.6 Å². The molecule has 0 spiro atoms. The van der Waals surface area contributed by atoms with E-state index >= 15 is 0 Å². The summed E-state index contributed by atoms with van der Waals surface area (Å²) < 4.78 is 6.56. The second kappa shape index (κ2) is 5.80. The van der Waals surface area contributed by atoms with Gasteiger partial charge in [0.05, 0.1) is 36.0 Å². The number of esters is 1. The molecule has 5 nitrogen and oxygen atoms in total. The summed E-state index contributed by atoms with van der Waals surface area (Å²) in [7, 11) is 1.38. The number of ether oxygens (including phenoxy) is 1. The Kier molecular flexibility index (Phi) is 4.08. The molecule has 21 heavy (non-hydrogen) atoms. The summed E-state index contributed by atoms with van der Waals surface area (Å²) in [6, 6.07) is 9.32. The predicted octanol–water partition coefficient (Wildman–Crippen LogP) is 2.64. The molecule has 1 atom stereocenters. The molecular weight excluding hydrogens is 266 g/mol. The third-order valence-corrected chi connectivity index (χ3v) is 3.55. The highest BCUT2D eigenvalue weighted by atomic mass is 16.5. The van der Waals surface area contributed by atoms with Crippen LogP contribution in [0.15, 0.2) is 24.3 Å². The highest BCUT2D eigenvalue weighted by molar-refractivity contribution is 5.78. The van der Waals surface area contributed by atoms with Crippen molar-refractivity contribution in [1.29, 1.82) is 5.26 Å². The molecule has 5 heteroatoms. The van der Waals surface area contributed by atoms with Crippen LogP contribution in [-0.4, -0.2) is 22.9 Å². The molecule has 0 N–H and O–H groups in total. The summed E-state index contributed by atoms with van der Waals surface area (Å²) in [5.41, 5.74) is 3.90. The number of methoxy groups -OCH3 is 1. The topological polar surface area (TPSA) is 67.9 Å². The molecule has 0 radical (unpaired) electrons. The number of hydrogen-bond donors (Lipinski definition) is 0. The summed E-state index contributed by atoms with van der Waals surface area (Å²) in [4.78, 5) is 11.8. The quantitative estimate of drug-likeness (QED) is 0.812. The highest BCUT2D eigenvalue weighted by Crippen LogP contribution is 2.26. The second-order valence-corrected chi connectivity index (χ2v) is 4.90. The van der Waals surface area contributed by atoms with E-state index in [-0.39, 0.29) is 11.9 Å². The second-order valence-electron chi connectivity index (χ2n) is 4.90. The number of benzene rings is 1. The molecular formula is C16H17N3O2. The van der Waals surface area contributed by atoms with Crippen molar-refractivity contribution in [2.75, 3.05) is 7.11 Å². The van der Waals surface area contributed by atoms with Crippen molar-refractivity contribution in [3.63, 3.8) is 0 Å². The zero-order chi connectivity index (χ0) is 15.6. The number of nitrogens with zero attached hydrogens (tertiary/aromatic N) is 3. The fraction of sp³-hybridized carbons (Fsp3) is 0.312. The van der Waals surface area contributed by atoms with E-state index in [1.807, 2.05) is 26.0 Å². The monoisotopic (exact) mass is 283 g/mol. The third-order valence-electron chi connectivity index (χ3n) is 3.55. The Morgan fingerprint density at radius 1 is 1.43 bits per heavy atom. The van der Waals surface area contributed by atoms with Crippen molar-refractivity contribution in [3.05, 3.63) is 46.8 Å². The molecule has 0 amide bonds. The summed E-state index contributed by atoms with van der Waals surface area (Å²) in [5.74, 6) is -0.658.